The molecule has 5 rings (SSSR count). The van der Waals surface area contributed by atoms with E-state index in [4.69, 9.17) is 26.1 Å². The third kappa shape index (κ3) is 6.26. The second kappa shape index (κ2) is 12.3. The van der Waals surface area contributed by atoms with Gasteiger partial charge in [-0.25, -0.2) is 9.97 Å². The topological polar surface area (TPSA) is 98.6 Å². The van der Waals surface area contributed by atoms with Crippen LogP contribution < -0.4 is 14.8 Å². The number of nitrogens with zero attached hydrogens (tertiary/aromatic N) is 4. The molecule has 0 radical (unpaired) electrons. The molecule has 1 aliphatic carbocycles. The van der Waals surface area contributed by atoms with Crippen molar-refractivity contribution in [1.29, 1.82) is 0 Å². The summed E-state index contributed by atoms with van der Waals surface area (Å²) >= 11 is 7.16. The molecule has 0 bridgehead atoms. The Morgan fingerprint density at radius 2 is 2.02 bits per heavy atom. The number of nitrogens with one attached hydrogen (secondary N) is 1. The number of aromatic nitrogens is 3. The van der Waals surface area contributed by atoms with Crippen molar-refractivity contribution in [2.24, 2.45) is 11.3 Å². The van der Waals surface area contributed by atoms with Crippen molar-refractivity contribution in [3.05, 3.63) is 53.7 Å². The van der Waals surface area contributed by atoms with Crippen molar-refractivity contribution in [2.45, 2.75) is 71.4 Å². The van der Waals surface area contributed by atoms with Gasteiger partial charge in [0.2, 0.25) is 17.7 Å². The Hall–Kier alpha value is -3.59. The van der Waals surface area contributed by atoms with Crippen LogP contribution in [-0.4, -0.2) is 57.6 Å². The highest BCUT2D eigenvalue weighted by Gasteiger charge is 2.35. The smallest absolute Gasteiger partial charge is 0.258 e. The molecule has 2 fully saturated rings. The van der Waals surface area contributed by atoms with Crippen molar-refractivity contribution in [2.75, 3.05) is 25.5 Å². The van der Waals surface area contributed by atoms with Gasteiger partial charge in [-0.3, -0.25) is 14.9 Å². The lowest BCUT2D eigenvalue weighted by molar-refractivity contribution is -0.126. The Kier molecular flexibility index (Phi) is 8.78. The van der Waals surface area contributed by atoms with E-state index in [2.05, 4.69) is 37.7 Å². The van der Waals surface area contributed by atoms with Crippen LogP contribution >= 0.6 is 11.6 Å². The first-order chi connectivity index (χ1) is 20.1. The molecule has 2 aliphatic rings. The lowest BCUT2D eigenvalue weighted by Crippen LogP contribution is -2.36. The average molecular weight is 594 g/mol. The summed E-state index contributed by atoms with van der Waals surface area (Å²) in [4.78, 5) is 36.8. The number of pyridine rings is 1. The van der Waals surface area contributed by atoms with E-state index >= 15 is 0 Å². The predicted molar refractivity (Wildman–Crippen MR) is 164 cm³/mol. The minimum atomic E-state index is -0.356. The Balaban J connectivity index is 1.57. The summed E-state index contributed by atoms with van der Waals surface area (Å²) in [7, 11) is 1.50. The molecule has 9 nitrogen and oxygen atoms in total. The van der Waals surface area contributed by atoms with E-state index in [1.54, 1.807) is 17.0 Å². The Labute approximate surface area is 252 Å². The number of likely N-dealkylation sites (tertiary alicyclic amines) is 1. The van der Waals surface area contributed by atoms with E-state index < -0.39 is 0 Å². The number of amides is 2. The summed E-state index contributed by atoms with van der Waals surface area (Å²) in [5, 5.41) is 3.45. The molecule has 1 aliphatic heterocycles. The van der Waals surface area contributed by atoms with Crippen LogP contribution in [-0.2, 0) is 4.79 Å². The van der Waals surface area contributed by atoms with Crippen molar-refractivity contribution in [1.82, 2.24) is 19.4 Å². The lowest BCUT2D eigenvalue weighted by atomic mass is 9.72. The van der Waals surface area contributed by atoms with Crippen LogP contribution in [0.25, 0.3) is 11.0 Å². The van der Waals surface area contributed by atoms with Gasteiger partial charge < -0.3 is 18.9 Å². The number of imidazole rings is 1. The maximum Gasteiger partial charge on any atom is 0.258 e. The molecule has 1 aromatic carbocycles. The molecular formula is C32H40ClN5O4. The van der Waals surface area contributed by atoms with Crippen LogP contribution in [0.1, 0.15) is 75.7 Å². The third-order valence-corrected chi connectivity index (χ3v) is 8.99. The molecule has 2 aromatic heterocycles. The van der Waals surface area contributed by atoms with Gasteiger partial charge in [-0.2, -0.15) is 0 Å². The predicted octanol–water partition coefficient (Wildman–Crippen LogP) is 6.68. The van der Waals surface area contributed by atoms with E-state index in [0.717, 1.165) is 32.1 Å². The van der Waals surface area contributed by atoms with E-state index in [0.29, 0.717) is 58.2 Å². The Morgan fingerprint density at radius 1 is 1.21 bits per heavy atom. The number of benzene rings is 1. The fourth-order valence-corrected chi connectivity index (χ4v) is 6.43. The number of methoxy groups -OCH3 is 1. The summed E-state index contributed by atoms with van der Waals surface area (Å²) in [5.74, 6) is 1.22. The fraction of sp³-hybridized carbons (Fsp3) is 0.500. The summed E-state index contributed by atoms with van der Waals surface area (Å²) in [5.41, 5.74) is 1.90. The van der Waals surface area contributed by atoms with Crippen LogP contribution in [0.2, 0.25) is 5.02 Å². The molecule has 1 saturated heterocycles. The molecule has 1 unspecified atom stereocenters. The number of carbonyl (C=O) groups excluding carboxylic acids is 2. The number of hydrogen-bond acceptors (Lipinski definition) is 6. The second-order valence-corrected chi connectivity index (χ2v) is 12.6. The van der Waals surface area contributed by atoms with Crippen molar-refractivity contribution in [3.63, 3.8) is 0 Å². The number of rotatable bonds is 7. The first-order valence-electron chi connectivity index (χ1n) is 14.7. The summed E-state index contributed by atoms with van der Waals surface area (Å²) < 4.78 is 13.8. The summed E-state index contributed by atoms with van der Waals surface area (Å²) in [6.45, 7) is 11.6. The average Bonchev–Trinajstić information content (AvgIpc) is 3.16. The first kappa shape index (κ1) is 29.9. The number of halogens is 1. The number of fused-ring (bicyclic) bond motifs is 1. The molecule has 1 saturated carbocycles. The normalized spacial score (nSPS) is 22.3. The third-order valence-electron chi connectivity index (χ3n) is 8.63. The van der Waals surface area contributed by atoms with Crippen molar-refractivity contribution >= 4 is 40.4 Å². The zero-order valence-electron chi connectivity index (χ0n) is 24.9. The molecule has 0 spiro atoms. The lowest BCUT2D eigenvalue weighted by Gasteiger charge is -2.39. The van der Waals surface area contributed by atoms with Gasteiger partial charge in [-0.1, -0.05) is 39.0 Å². The molecule has 2 amide bonds. The highest BCUT2D eigenvalue weighted by molar-refractivity contribution is 6.36. The van der Waals surface area contributed by atoms with E-state index in [-0.39, 0.29) is 29.4 Å². The second-order valence-electron chi connectivity index (χ2n) is 12.3. The molecule has 224 valence electrons. The Morgan fingerprint density at radius 3 is 2.79 bits per heavy atom. The van der Waals surface area contributed by atoms with Crippen LogP contribution in [0.3, 0.4) is 0 Å². The molecular weight excluding hydrogens is 554 g/mol. The Bertz CT molecular complexity index is 1490. The van der Waals surface area contributed by atoms with E-state index in [1.807, 2.05) is 16.7 Å². The minimum Gasteiger partial charge on any atom is -0.488 e. The molecule has 1 N–H and O–H groups in total. The van der Waals surface area contributed by atoms with Crippen LogP contribution in [0, 0.1) is 11.3 Å². The standard InChI is InChI=1S/C32H40ClN5O4/c1-6-27(39)37-16-8-7-9-22(19-37)38-29-23(35-31(38)36-30(40)21-13-15-34-26(17-21)41-5)10-11-24(28(29)33)42-25-18-32(3,4)14-12-20(25)2/h6,10-11,13,15,17,20,22,25H,1,7-9,12,14,16,18-19H2,2-5H3,(H,35,36,40)/t20?,22-,25-/m1/s1. The van der Waals surface area contributed by atoms with Gasteiger partial charge in [0.25, 0.3) is 5.91 Å². The van der Waals surface area contributed by atoms with E-state index in [1.165, 1.54) is 25.8 Å². The van der Waals surface area contributed by atoms with E-state index in [9.17, 15) is 9.59 Å². The van der Waals surface area contributed by atoms with Gasteiger partial charge in [0.1, 0.15) is 16.9 Å². The monoisotopic (exact) mass is 593 g/mol. The first-order valence-corrected chi connectivity index (χ1v) is 15.1. The largest absolute Gasteiger partial charge is 0.488 e. The van der Waals surface area contributed by atoms with Crippen LogP contribution in [0.5, 0.6) is 11.6 Å². The molecule has 10 heteroatoms. The molecule has 3 heterocycles. The number of anilines is 1. The van der Waals surface area contributed by atoms with Gasteiger partial charge in [-0.15, -0.1) is 0 Å². The van der Waals surface area contributed by atoms with Crippen molar-refractivity contribution < 1.29 is 19.1 Å². The van der Waals surface area contributed by atoms with Crippen LogP contribution in [0.15, 0.2) is 43.1 Å². The highest BCUT2D eigenvalue weighted by atomic mass is 35.5. The van der Waals surface area contributed by atoms with Gasteiger partial charge in [0.15, 0.2) is 0 Å². The highest BCUT2D eigenvalue weighted by Crippen LogP contribution is 2.43. The maximum atomic E-state index is 13.4. The minimum absolute atomic E-state index is 0.0412. The number of ether oxygens (including phenoxy) is 2. The van der Waals surface area contributed by atoms with Crippen LogP contribution in [0.4, 0.5) is 5.95 Å². The van der Waals surface area contributed by atoms with Gasteiger partial charge in [-0.05, 0) is 74.1 Å². The number of carbonyl (C=O) groups is 2. The summed E-state index contributed by atoms with van der Waals surface area (Å²) in [6.07, 6.45) is 8.69. The molecule has 3 atom stereocenters. The maximum absolute atomic E-state index is 13.4. The number of hydrogen-bond donors (Lipinski definition) is 1. The summed E-state index contributed by atoms with van der Waals surface area (Å²) in [6, 6.07) is 6.77. The van der Waals surface area contributed by atoms with Gasteiger partial charge in [0.05, 0.1) is 24.2 Å². The zero-order valence-corrected chi connectivity index (χ0v) is 25.6. The SMILES string of the molecule is C=CC(=O)N1CCCC[C@@H](n2c(NC(=O)c3ccnc(OC)c3)nc3ccc(O[C@@H]4CC(C)(C)CCC4C)c(Cl)c32)C1. The quantitative estimate of drug-likeness (QED) is 0.307. The van der Waals surface area contributed by atoms with Crippen molar-refractivity contribution in [3.8, 4) is 11.6 Å². The van der Waals surface area contributed by atoms with Gasteiger partial charge >= 0.3 is 0 Å². The van der Waals surface area contributed by atoms with Gasteiger partial charge in [0, 0.05) is 30.9 Å². The fourth-order valence-electron chi connectivity index (χ4n) is 6.13. The molecule has 3 aromatic rings. The zero-order chi connectivity index (χ0) is 30.0. The molecule has 42 heavy (non-hydrogen) atoms.